The molecule has 0 radical (unpaired) electrons. The van der Waals surface area contributed by atoms with Gasteiger partial charge in [-0.15, -0.1) is 0 Å². The lowest BCUT2D eigenvalue weighted by Crippen LogP contribution is -2.47. The van der Waals surface area contributed by atoms with Gasteiger partial charge < -0.3 is 15.1 Å². The summed E-state index contributed by atoms with van der Waals surface area (Å²) < 4.78 is 0. The molecule has 5 heteroatoms. The van der Waals surface area contributed by atoms with Crippen LogP contribution < -0.4 is 0 Å². The maximum absolute atomic E-state index is 11.1. The first kappa shape index (κ1) is 15.0. The molecule has 0 amide bonds. The average Bonchev–Trinajstić information content (AvgIpc) is 2.35. The molecule has 1 saturated heterocycles. The van der Waals surface area contributed by atoms with Gasteiger partial charge in [0.2, 0.25) is 0 Å². The van der Waals surface area contributed by atoms with E-state index >= 15 is 0 Å². The van der Waals surface area contributed by atoms with Crippen molar-refractivity contribution in [2.24, 2.45) is 17.8 Å². The molecule has 5 nitrogen and oxygen atoms in total. The van der Waals surface area contributed by atoms with Crippen molar-refractivity contribution in [3.05, 3.63) is 0 Å². The topological polar surface area (TPSA) is 77.8 Å². The first-order valence-electron chi connectivity index (χ1n) is 6.67. The number of rotatable bonds is 6. The van der Waals surface area contributed by atoms with E-state index in [1.54, 1.807) is 0 Å². The third-order valence-corrected chi connectivity index (χ3v) is 4.00. The van der Waals surface area contributed by atoms with Crippen LogP contribution in [0.25, 0.3) is 0 Å². The number of nitrogens with zero attached hydrogens (tertiary/aromatic N) is 1. The molecular formula is C13H23NO4. The highest BCUT2D eigenvalue weighted by Crippen LogP contribution is 2.25. The Kier molecular flexibility index (Phi) is 5.59. The Morgan fingerprint density at radius 2 is 1.72 bits per heavy atom. The van der Waals surface area contributed by atoms with E-state index in [0.29, 0.717) is 25.4 Å². The summed E-state index contributed by atoms with van der Waals surface area (Å²) >= 11 is 0. The molecule has 0 aromatic carbocycles. The molecule has 1 aliphatic rings. The summed E-state index contributed by atoms with van der Waals surface area (Å²) in [5.41, 5.74) is 0. The average molecular weight is 257 g/mol. The monoisotopic (exact) mass is 257 g/mol. The first-order chi connectivity index (χ1) is 8.49. The molecule has 1 heterocycles. The van der Waals surface area contributed by atoms with Gasteiger partial charge in [0.25, 0.3) is 0 Å². The summed E-state index contributed by atoms with van der Waals surface area (Å²) in [6.45, 7) is 6.20. The third-order valence-electron chi connectivity index (χ3n) is 4.00. The summed E-state index contributed by atoms with van der Waals surface area (Å²) in [4.78, 5) is 24.3. The molecule has 0 bridgehead atoms. The highest BCUT2D eigenvalue weighted by molar-refractivity contribution is 5.80. The van der Waals surface area contributed by atoms with Crippen LogP contribution >= 0.6 is 0 Å². The summed E-state index contributed by atoms with van der Waals surface area (Å²) in [6.07, 6.45) is 2.59. The Balaban J connectivity index is 2.62. The van der Waals surface area contributed by atoms with Crippen LogP contribution in [0.15, 0.2) is 0 Å². The lowest BCUT2D eigenvalue weighted by Gasteiger charge is -2.36. The number of aliphatic carboxylic acids is 2. The van der Waals surface area contributed by atoms with Crippen molar-refractivity contribution in [3.8, 4) is 0 Å². The van der Waals surface area contributed by atoms with Crippen molar-refractivity contribution in [2.45, 2.75) is 33.1 Å². The minimum absolute atomic E-state index is 0.364. The highest BCUT2D eigenvalue weighted by atomic mass is 16.4. The quantitative estimate of drug-likeness (QED) is 0.754. The largest absolute Gasteiger partial charge is 0.481 e. The van der Waals surface area contributed by atoms with Crippen LogP contribution in [0, 0.1) is 17.8 Å². The van der Waals surface area contributed by atoms with Crippen LogP contribution in [-0.4, -0.2) is 46.7 Å². The van der Waals surface area contributed by atoms with Gasteiger partial charge in [-0.3, -0.25) is 9.59 Å². The number of hydrogen-bond donors (Lipinski definition) is 2. The van der Waals surface area contributed by atoms with Crippen LogP contribution in [0.3, 0.4) is 0 Å². The van der Waals surface area contributed by atoms with Crippen LogP contribution in [0.2, 0.25) is 0 Å². The second kappa shape index (κ2) is 6.73. The molecule has 1 aliphatic heterocycles. The molecule has 104 valence electrons. The minimum atomic E-state index is -0.989. The van der Waals surface area contributed by atoms with Crippen molar-refractivity contribution in [1.82, 2.24) is 4.90 Å². The van der Waals surface area contributed by atoms with Gasteiger partial charge in [0.05, 0.1) is 11.8 Å². The SMILES string of the molecule is CCC(CC)CN1CCC(C(=O)O)C(C(=O)O)C1. The molecule has 18 heavy (non-hydrogen) atoms. The van der Waals surface area contributed by atoms with Crippen molar-refractivity contribution in [3.63, 3.8) is 0 Å². The number of carboxylic acids is 2. The standard InChI is InChI=1S/C13H23NO4/c1-3-9(4-2)7-14-6-5-10(12(15)16)11(8-14)13(17)18/h9-11H,3-8H2,1-2H3,(H,15,16)(H,17,18). The highest BCUT2D eigenvalue weighted by Gasteiger charge is 2.38. The number of hydrogen-bond acceptors (Lipinski definition) is 3. The summed E-state index contributed by atoms with van der Waals surface area (Å²) in [5.74, 6) is -2.91. The number of likely N-dealkylation sites (tertiary alicyclic amines) is 1. The molecule has 1 rings (SSSR count). The van der Waals surface area contributed by atoms with E-state index in [2.05, 4.69) is 18.7 Å². The maximum Gasteiger partial charge on any atom is 0.308 e. The van der Waals surface area contributed by atoms with Crippen molar-refractivity contribution < 1.29 is 19.8 Å². The molecule has 2 unspecified atom stereocenters. The zero-order valence-electron chi connectivity index (χ0n) is 11.1. The predicted molar refractivity (Wildman–Crippen MR) is 67.4 cm³/mol. The Morgan fingerprint density at radius 1 is 1.17 bits per heavy atom. The van der Waals surface area contributed by atoms with E-state index in [0.717, 1.165) is 19.4 Å². The molecule has 0 aliphatic carbocycles. The fraction of sp³-hybridized carbons (Fsp3) is 0.846. The van der Waals surface area contributed by atoms with Gasteiger partial charge in [-0.05, 0) is 18.9 Å². The number of carboxylic acid groups (broad SMARTS) is 2. The second-order valence-corrected chi connectivity index (χ2v) is 5.12. The molecule has 1 fully saturated rings. The van der Waals surface area contributed by atoms with Crippen LogP contribution in [0.1, 0.15) is 33.1 Å². The minimum Gasteiger partial charge on any atom is -0.481 e. The van der Waals surface area contributed by atoms with E-state index in [4.69, 9.17) is 10.2 Å². The maximum atomic E-state index is 11.1. The van der Waals surface area contributed by atoms with Gasteiger partial charge in [-0.25, -0.2) is 0 Å². The molecule has 2 atom stereocenters. The van der Waals surface area contributed by atoms with E-state index in [-0.39, 0.29) is 0 Å². The Labute approximate surface area is 108 Å². The third kappa shape index (κ3) is 3.70. The molecule has 0 saturated carbocycles. The van der Waals surface area contributed by atoms with Crippen LogP contribution in [-0.2, 0) is 9.59 Å². The number of carbonyl (C=O) groups is 2. The molecule has 0 spiro atoms. The fourth-order valence-electron chi connectivity index (χ4n) is 2.64. The molecule has 0 aromatic heterocycles. The predicted octanol–water partition coefficient (Wildman–Crippen LogP) is 1.53. The van der Waals surface area contributed by atoms with Crippen LogP contribution in [0.5, 0.6) is 0 Å². The van der Waals surface area contributed by atoms with E-state index in [1.807, 2.05) is 0 Å². The van der Waals surface area contributed by atoms with Gasteiger partial charge >= 0.3 is 11.9 Å². The van der Waals surface area contributed by atoms with Gasteiger partial charge in [0, 0.05) is 13.1 Å². The lowest BCUT2D eigenvalue weighted by atomic mass is 9.85. The van der Waals surface area contributed by atoms with E-state index in [9.17, 15) is 9.59 Å². The zero-order chi connectivity index (χ0) is 13.7. The normalized spacial score (nSPS) is 25.3. The number of piperidine rings is 1. The second-order valence-electron chi connectivity index (χ2n) is 5.12. The summed E-state index contributed by atoms with van der Waals surface area (Å²) in [5, 5.41) is 18.2. The first-order valence-corrected chi connectivity index (χ1v) is 6.67. The van der Waals surface area contributed by atoms with E-state index < -0.39 is 23.8 Å². The molecule has 0 aromatic rings. The van der Waals surface area contributed by atoms with Crippen molar-refractivity contribution in [2.75, 3.05) is 19.6 Å². The molecular weight excluding hydrogens is 234 g/mol. The summed E-state index contributed by atoms with van der Waals surface area (Å²) in [6, 6.07) is 0. The van der Waals surface area contributed by atoms with Gasteiger partial charge in [0.1, 0.15) is 0 Å². The van der Waals surface area contributed by atoms with Crippen molar-refractivity contribution >= 4 is 11.9 Å². The molecule has 2 N–H and O–H groups in total. The van der Waals surface area contributed by atoms with Gasteiger partial charge in [-0.2, -0.15) is 0 Å². The smallest absolute Gasteiger partial charge is 0.308 e. The van der Waals surface area contributed by atoms with Gasteiger partial charge in [-0.1, -0.05) is 26.7 Å². The van der Waals surface area contributed by atoms with E-state index in [1.165, 1.54) is 0 Å². The lowest BCUT2D eigenvalue weighted by molar-refractivity contribution is -0.157. The zero-order valence-corrected chi connectivity index (χ0v) is 11.1. The van der Waals surface area contributed by atoms with Crippen molar-refractivity contribution in [1.29, 1.82) is 0 Å². The van der Waals surface area contributed by atoms with Crippen LogP contribution in [0.4, 0.5) is 0 Å². The summed E-state index contributed by atoms with van der Waals surface area (Å²) in [7, 11) is 0. The Bertz CT molecular complexity index is 301. The Morgan fingerprint density at radius 3 is 2.17 bits per heavy atom. The fourth-order valence-corrected chi connectivity index (χ4v) is 2.64. The van der Waals surface area contributed by atoms with Gasteiger partial charge in [0.15, 0.2) is 0 Å². The Hall–Kier alpha value is -1.10.